The second-order valence-electron chi connectivity index (χ2n) is 5.19. The molecule has 2 aromatic rings. The summed E-state index contributed by atoms with van der Waals surface area (Å²) in [6, 6.07) is 7.81. The van der Waals surface area contributed by atoms with Gasteiger partial charge in [0.25, 0.3) is 0 Å². The number of rotatable bonds is 8. The molecule has 0 aliphatic carbocycles. The number of benzene rings is 1. The van der Waals surface area contributed by atoms with Crippen LogP contribution in [-0.4, -0.2) is 42.7 Å². The van der Waals surface area contributed by atoms with E-state index < -0.39 is 0 Å². The van der Waals surface area contributed by atoms with Crippen molar-refractivity contribution in [3.8, 4) is 5.75 Å². The predicted octanol–water partition coefficient (Wildman–Crippen LogP) is 3.36. The van der Waals surface area contributed by atoms with E-state index in [0.717, 1.165) is 24.4 Å². The van der Waals surface area contributed by atoms with Crippen molar-refractivity contribution in [1.29, 1.82) is 0 Å². The number of hydrogen-bond acceptors (Lipinski definition) is 5. The molecular formula is C17H24N4O2S. The highest BCUT2D eigenvalue weighted by Crippen LogP contribution is 2.23. The number of urea groups is 1. The molecule has 0 aliphatic rings. The van der Waals surface area contributed by atoms with Gasteiger partial charge in [-0.15, -0.1) is 11.3 Å². The third-order valence-electron chi connectivity index (χ3n) is 3.84. The van der Waals surface area contributed by atoms with Crippen LogP contribution in [0.15, 0.2) is 35.8 Å². The lowest BCUT2D eigenvalue weighted by atomic mass is 10.0. The lowest BCUT2D eigenvalue weighted by Gasteiger charge is -2.30. The van der Waals surface area contributed by atoms with Crippen LogP contribution in [0.2, 0.25) is 0 Å². The number of thiazole rings is 1. The summed E-state index contributed by atoms with van der Waals surface area (Å²) in [7, 11) is 1.66. The highest BCUT2D eigenvalue weighted by Gasteiger charge is 2.19. The van der Waals surface area contributed by atoms with Crippen molar-refractivity contribution in [2.45, 2.75) is 19.9 Å². The molecule has 1 atom stereocenters. The molecule has 0 saturated heterocycles. The third kappa shape index (κ3) is 4.94. The highest BCUT2D eigenvalue weighted by atomic mass is 32.1. The minimum Gasteiger partial charge on any atom is -0.497 e. The van der Waals surface area contributed by atoms with Gasteiger partial charge < -0.3 is 10.1 Å². The number of hydrogen-bond donors (Lipinski definition) is 2. The van der Waals surface area contributed by atoms with E-state index in [9.17, 15) is 4.79 Å². The van der Waals surface area contributed by atoms with Crippen LogP contribution in [0.3, 0.4) is 0 Å². The smallest absolute Gasteiger partial charge is 0.321 e. The van der Waals surface area contributed by atoms with Crippen LogP contribution in [0.1, 0.15) is 25.5 Å². The van der Waals surface area contributed by atoms with E-state index in [4.69, 9.17) is 4.74 Å². The summed E-state index contributed by atoms with van der Waals surface area (Å²) in [5.41, 5.74) is 1.12. The molecule has 0 aliphatic heterocycles. The summed E-state index contributed by atoms with van der Waals surface area (Å²) in [6.45, 7) is 6.53. The zero-order chi connectivity index (χ0) is 17.4. The van der Waals surface area contributed by atoms with E-state index in [0.29, 0.717) is 11.7 Å². The zero-order valence-electron chi connectivity index (χ0n) is 14.3. The molecule has 0 spiro atoms. The van der Waals surface area contributed by atoms with Gasteiger partial charge in [-0.05, 0) is 30.8 Å². The molecule has 0 fully saturated rings. The SMILES string of the molecule is CCN(CC)C(CNC(=O)Nc1nccs1)c1cccc(OC)c1. The Kier molecular flexibility index (Phi) is 7.02. The number of methoxy groups -OCH3 is 1. The Morgan fingerprint density at radius 2 is 2.17 bits per heavy atom. The first kappa shape index (κ1) is 18.2. The average Bonchev–Trinajstić information content (AvgIpc) is 3.11. The fraction of sp³-hybridized carbons (Fsp3) is 0.412. The summed E-state index contributed by atoms with van der Waals surface area (Å²) in [5.74, 6) is 0.817. The Balaban J connectivity index is 2.06. The van der Waals surface area contributed by atoms with Crippen LogP contribution in [-0.2, 0) is 0 Å². The van der Waals surface area contributed by atoms with Crippen molar-refractivity contribution in [1.82, 2.24) is 15.2 Å². The number of carbonyl (C=O) groups excluding carboxylic acids is 1. The van der Waals surface area contributed by atoms with Crippen molar-refractivity contribution in [2.75, 3.05) is 32.1 Å². The second kappa shape index (κ2) is 9.24. The van der Waals surface area contributed by atoms with Gasteiger partial charge in [-0.25, -0.2) is 9.78 Å². The Bertz CT molecular complexity index is 629. The molecule has 1 unspecified atom stereocenters. The van der Waals surface area contributed by atoms with E-state index in [1.54, 1.807) is 13.3 Å². The quantitative estimate of drug-likeness (QED) is 0.768. The van der Waals surface area contributed by atoms with Crippen LogP contribution >= 0.6 is 11.3 Å². The molecule has 1 aromatic carbocycles. The normalized spacial score (nSPS) is 12.0. The van der Waals surface area contributed by atoms with Crippen LogP contribution in [0, 0.1) is 0 Å². The van der Waals surface area contributed by atoms with Gasteiger partial charge in [-0.2, -0.15) is 0 Å². The standard InChI is InChI=1S/C17H24N4O2S/c1-4-21(5-2)15(13-7-6-8-14(11-13)23-3)12-19-16(22)20-17-18-9-10-24-17/h6-11,15H,4-5,12H2,1-3H3,(H2,18,19,20,22). The van der Waals surface area contributed by atoms with Crippen LogP contribution < -0.4 is 15.4 Å². The third-order valence-corrected chi connectivity index (χ3v) is 4.53. The first-order valence-corrected chi connectivity index (χ1v) is 8.88. The molecule has 2 amide bonds. The van der Waals surface area contributed by atoms with Gasteiger partial charge in [0.1, 0.15) is 5.75 Å². The topological polar surface area (TPSA) is 66.5 Å². The summed E-state index contributed by atoms with van der Waals surface area (Å²) in [6.07, 6.45) is 1.66. The molecule has 0 radical (unpaired) electrons. The van der Waals surface area contributed by atoms with Gasteiger partial charge >= 0.3 is 6.03 Å². The Morgan fingerprint density at radius 3 is 2.79 bits per heavy atom. The molecule has 2 N–H and O–H groups in total. The summed E-state index contributed by atoms with van der Waals surface area (Å²) >= 11 is 1.39. The number of carbonyl (C=O) groups is 1. The molecule has 0 saturated carbocycles. The summed E-state index contributed by atoms with van der Waals surface area (Å²) in [4.78, 5) is 18.4. The zero-order valence-corrected chi connectivity index (χ0v) is 15.1. The number of likely N-dealkylation sites (N-methyl/N-ethyl adjacent to an activating group) is 1. The second-order valence-corrected chi connectivity index (χ2v) is 6.08. The summed E-state index contributed by atoms with van der Waals surface area (Å²) < 4.78 is 5.32. The molecule has 2 rings (SSSR count). The Morgan fingerprint density at radius 1 is 1.38 bits per heavy atom. The molecular weight excluding hydrogens is 324 g/mol. The van der Waals surface area contributed by atoms with Gasteiger partial charge in [0, 0.05) is 18.1 Å². The van der Waals surface area contributed by atoms with E-state index in [2.05, 4.69) is 40.4 Å². The lowest BCUT2D eigenvalue weighted by Crippen LogP contribution is -2.39. The molecule has 6 nitrogen and oxygen atoms in total. The maximum atomic E-state index is 12.1. The van der Waals surface area contributed by atoms with Gasteiger partial charge in [0.05, 0.1) is 13.2 Å². The fourth-order valence-corrected chi connectivity index (χ4v) is 3.11. The number of amides is 2. The maximum absolute atomic E-state index is 12.1. The van der Waals surface area contributed by atoms with Crippen molar-refractivity contribution < 1.29 is 9.53 Å². The molecule has 24 heavy (non-hydrogen) atoms. The van der Waals surface area contributed by atoms with Gasteiger partial charge in [0.2, 0.25) is 0 Å². The van der Waals surface area contributed by atoms with Crippen LogP contribution in [0.5, 0.6) is 5.75 Å². The largest absolute Gasteiger partial charge is 0.497 e. The number of aromatic nitrogens is 1. The number of nitrogens with one attached hydrogen (secondary N) is 2. The minimum absolute atomic E-state index is 0.0807. The van der Waals surface area contributed by atoms with Crippen molar-refractivity contribution in [3.05, 3.63) is 41.4 Å². The van der Waals surface area contributed by atoms with Gasteiger partial charge in [-0.1, -0.05) is 26.0 Å². The number of anilines is 1. The predicted molar refractivity (Wildman–Crippen MR) is 97.8 cm³/mol. The van der Waals surface area contributed by atoms with E-state index in [1.807, 2.05) is 23.6 Å². The summed E-state index contributed by atoms with van der Waals surface area (Å²) in [5, 5.41) is 8.10. The monoisotopic (exact) mass is 348 g/mol. The van der Waals surface area contributed by atoms with Crippen molar-refractivity contribution >= 4 is 22.5 Å². The lowest BCUT2D eigenvalue weighted by molar-refractivity contribution is 0.209. The van der Waals surface area contributed by atoms with Gasteiger partial charge in [0.15, 0.2) is 5.13 Å². The number of ether oxygens (including phenoxy) is 1. The molecule has 130 valence electrons. The molecule has 7 heteroatoms. The Hall–Kier alpha value is -2.12. The first-order valence-electron chi connectivity index (χ1n) is 8.00. The van der Waals surface area contributed by atoms with E-state index in [-0.39, 0.29) is 12.1 Å². The van der Waals surface area contributed by atoms with E-state index >= 15 is 0 Å². The number of nitrogens with zero attached hydrogens (tertiary/aromatic N) is 2. The molecule has 0 bridgehead atoms. The maximum Gasteiger partial charge on any atom is 0.321 e. The van der Waals surface area contributed by atoms with Crippen molar-refractivity contribution in [2.24, 2.45) is 0 Å². The molecule has 1 aromatic heterocycles. The van der Waals surface area contributed by atoms with Crippen LogP contribution in [0.4, 0.5) is 9.93 Å². The Labute approximate surface area is 146 Å². The van der Waals surface area contributed by atoms with Crippen molar-refractivity contribution in [3.63, 3.8) is 0 Å². The highest BCUT2D eigenvalue weighted by molar-refractivity contribution is 7.13. The van der Waals surface area contributed by atoms with E-state index in [1.165, 1.54) is 11.3 Å². The minimum atomic E-state index is -0.245. The molecule has 1 heterocycles. The first-order chi connectivity index (χ1) is 11.7. The van der Waals surface area contributed by atoms with Gasteiger partial charge in [-0.3, -0.25) is 10.2 Å². The van der Waals surface area contributed by atoms with Crippen LogP contribution in [0.25, 0.3) is 0 Å². The average molecular weight is 348 g/mol. The fourth-order valence-electron chi connectivity index (χ4n) is 2.59.